The summed E-state index contributed by atoms with van der Waals surface area (Å²) in [5, 5.41) is 19.7. The Hall–Kier alpha value is -1.85. The molecule has 0 heterocycles. The van der Waals surface area contributed by atoms with E-state index in [2.05, 4.69) is 6.07 Å². The zero-order valence-electron chi connectivity index (χ0n) is 7.57. The smallest absolute Gasteiger partial charge is 0.0991 e. The van der Waals surface area contributed by atoms with Gasteiger partial charge in [-0.25, -0.2) is 0 Å². The van der Waals surface area contributed by atoms with Crippen molar-refractivity contribution in [3.63, 3.8) is 0 Å². The number of nitrogens with zero attached hydrogens (tertiary/aromatic N) is 1. The second-order valence-corrected chi connectivity index (χ2v) is 3.17. The van der Waals surface area contributed by atoms with Crippen LogP contribution in [0.2, 0.25) is 0 Å². The van der Waals surface area contributed by atoms with Crippen molar-refractivity contribution in [2.45, 2.75) is 6.61 Å². The minimum Gasteiger partial charge on any atom is -0.392 e. The molecule has 0 fully saturated rings. The fourth-order valence-electron chi connectivity index (χ4n) is 1.46. The summed E-state index contributed by atoms with van der Waals surface area (Å²) in [7, 11) is 0. The van der Waals surface area contributed by atoms with Gasteiger partial charge in [-0.05, 0) is 34.5 Å². The van der Waals surface area contributed by atoms with E-state index in [1.807, 2.05) is 30.3 Å². The van der Waals surface area contributed by atoms with Crippen LogP contribution in [0.25, 0.3) is 10.8 Å². The molecule has 1 N–H and O–H groups in total. The van der Waals surface area contributed by atoms with Gasteiger partial charge in [0.2, 0.25) is 0 Å². The molecule has 0 aliphatic heterocycles. The van der Waals surface area contributed by atoms with E-state index in [1.54, 1.807) is 6.07 Å². The molecule has 2 nitrogen and oxygen atoms in total. The molecule has 68 valence electrons. The van der Waals surface area contributed by atoms with Crippen molar-refractivity contribution in [3.05, 3.63) is 47.5 Å². The van der Waals surface area contributed by atoms with E-state index in [1.165, 1.54) is 0 Å². The molecule has 2 aromatic rings. The van der Waals surface area contributed by atoms with Crippen LogP contribution in [0.15, 0.2) is 36.4 Å². The van der Waals surface area contributed by atoms with Gasteiger partial charge in [0.1, 0.15) is 0 Å². The van der Waals surface area contributed by atoms with E-state index in [0.717, 1.165) is 16.3 Å². The Labute approximate surface area is 82.0 Å². The molecule has 0 saturated heterocycles. The molecule has 0 aromatic heterocycles. The van der Waals surface area contributed by atoms with E-state index in [4.69, 9.17) is 10.4 Å². The monoisotopic (exact) mass is 183 g/mol. The largest absolute Gasteiger partial charge is 0.392 e. The highest BCUT2D eigenvalue weighted by atomic mass is 16.3. The first-order chi connectivity index (χ1) is 6.83. The molecule has 0 atom stereocenters. The van der Waals surface area contributed by atoms with Gasteiger partial charge < -0.3 is 5.11 Å². The van der Waals surface area contributed by atoms with Gasteiger partial charge in [0.15, 0.2) is 0 Å². The van der Waals surface area contributed by atoms with E-state index >= 15 is 0 Å². The van der Waals surface area contributed by atoms with Gasteiger partial charge in [0.05, 0.1) is 18.2 Å². The molecular weight excluding hydrogens is 174 g/mol. The number of aliphatic hydroxyl groups excluding tert-OH is 1. The third kappa shape index (κ3) is 1.46. The Balaban J connectivity index is 2.64. The first-order valence-electron chi connectivity index (χ1n) is 4.37. The van der Waals surface area contributed by atoms with Crippen molar-refractivity contribution in [1.29, 1.82) is 5.26 Å². The molecule has 2 heteroatoms. The topological polar surface area (TPSA) is 44.0 Å². The van der Waals surface area contributed by atoms with Gasteiger partial charge in [0.25, 0.3) is 0 Å². The van der Waals surface area contributed by atoms with Gasteiger partial charge in [-0.3, -0.25) is 0 Å². The number of benzene rings is 2. The Kier molecular flexibility index (Phi) is 2.18. The summed E-state index contributed by atoms with van der Waals surface area (Å²) in [4.78, 5) is 0. The Morgan fingerprint density at radius 3 is 2.50 bits per heavy atom. The first-order valence-corrected chi connectivity index (χ1v) is 4.37. The summed E-state index contributed by atoms with van der Waals surface area (Å²) < 4.78 is 0. The highest BCUT2D eigenvalue weighted by Gasteiger charge is 1.97. The lowest BCUT2D eigenvalue weighted by atomic mass is 10.1. The lowest BCUT2D eigenvalue weighted by molar-refractivity contribution is 0.282. The Bertz CT molecular complexity index is 511. The maximum atomic E-state index is 8.95. The minimum absolute atomic E-state index is 0.0515. The van der Waals surface area contributed by atoms with Crippen LogP contribution >= 0.6 is 0 Å². The number of nitriles is 1. The number of rotatable bonds is 1. The fraction of sp³-hybridized carbons (Fsp3) is 0.0833. The van der Waals surface area contributed by atoms with Gasteiger partial charge in [-0.1, -0.05) is 18.2 Å². The van der Waals surface area contributed by atoms with E-state index < -0.39 is 0 Å². The van der Waals surface area contributed by atoms with E-state index in [0.29, 0.717) is 5.56 Å². The summed E-state index contributed by atoms with van der Waals surface area (Å²) in [6.07, 6.45) is 0. The SMILES string of the molecule is N#Cc1ccc2cc(CO)ccc2c1. The Morgan fingerprint density at radius 2 is 1.79 bits per heavy atom. The van der Waals surface area contributed by atoms with Crippen molar-refractivity contribution in [2.24, 2.45) is 0 Å². The maximum Gasteiger partial charge on any atom is 0.0991 e. The number of fused-ring (bicyclic) bond motifs is 1. The lowest BCUT2D eigenvalue weighted by Gasteiger charge is -2.00. The van der Waals surface area contributed by atoms with Crippen LogP contribution < -0.4 is 0 Å². The molecular formula is C12H9NO. The van der Waals surface area contributed by atoms with Crippen molar-refractivity contribution < 1.29 is 5.11 Å². The van der Waals surface area contributed by atoms with E-state index in [-0.39, 0.29) is 6.61 Å². The first kappa shape index (κ1) is 8.74. The minimum atomic E-state index is 0.0515. The summed E-state index contributed by atoms with van der Waals surface area (Å²) in [5.41, 5.74) is 1.55. The van der Waals surface area contributed by atoms with Crippen LogP contribution in [0, 0.1) is 11.3 Å². The molecule has 2 aromatic carbocycles. The van der Waals surface area contributed by atoms with Crippen LogP contribution in [0.5, 0.6) is 0 Å². The Morgan fingerprint density at radius 1 is 1.07 bits per heavy atom. The van der Waals surface area contributed by atoms with Crippen molar-refractivity contribution in [2.75, 3.05) is 0 Å². The molecule has 0 aliphatic carbocycles. The molecule has 0 aliphatic rings. The zero-order chi connectivity index (χ0) is 9.97. The summed E-state index contributed by atoms with van der Waals surface area (Å²) in [5.74, 6) is 0. The second-order valence-electron chi connectivity index (χ2n) is 3.17. The summed E-state index contributed by atoms with van der Waals surface area (Å²) in [6.45, 7) is 0.0515. The predicted molar refractivity (Wildman–Crippen MR) is 54.6 cm³/mol. The maximum absolute atomic E-state index is 8.95. The van der Waals surface area contributed by atoms with Gasteiger partial charge >= 0.3 is 0 Å². The van der Waals surface area contributed by atoms with Crippen molar-refractivity contribution in [1.82, 2.24) is 0 Å². The number of aliphatic hydroxyl groups is 1. The van der Waals surface area contributed by atoms with Crippen molar-refractivity contribution >= 4 is 10.8 Å². The lowest BCUT2D eigenvalue weighted by Crippen LogP contribution is -1.83. The molecule has 2 rings (SSSR count). The van der Waals surface area contributed by atoms with Crippen LogP contribution in [0.1, 0.15) is 11.1 Å². The average molecular weight is 183 g/mol. The van der Waals surface area contributed by atoms with Crippen LogP contribution in [-0.4, -0.2) is 5.11 Å². The predicted octanol–water partition coefficient (Wildman–Crippen LogP) is 2.20. The third-order valence-corrected chi connectivity index (χ3v) is 2.22. The highest BCUT2D eigenvalue weighted by molar-refractivity contribution is 5.84. The van der Waals surface area contributed by atoms with Crippen LogP contribution in [-0.2, 0) is 6.61 Å². The van der Waals surface area contributed by atoms with Crippen LogP contribution in [0.3, 0.4) is 0 Å². The fourth-order valence-corrected chi connectivity index (χ4v) is 1.46. The normalized spacial score (nSPS) is 10.0. The van der Waals surface area contributed by atoms with Gasteiger partial charge in [-0.15, -0.1) is 0 Å². The van der Waals surface area contributed by atoms with Gasteiger partial charge in [-0.2, -0.15) is 5.26 Å². The van der Waals surface area contributed by atoms with Gasteiger partial charge in [0, 0.05) is 0 Å². The molecule has 0 bridgehead atoms. The molecule has 0 radical (unpaired) electrons. The average Bonchev–Trinajstić information content (AvgIpc) is 2.27. The van der Waals surface area contributed by atoms with Crippen molar-refractivity contribution in [3.8, 4) is 6.07 Å². The second kappa shape index (κ2) is 3.49. The molecule has 0 saturated carbocycles. The zero-order valence-corrected chi connectivity index (χ0v) is 7.57. The van der Waals surface area contributed by atoms with Crippen LogP contribution in [0.4, 0.5) is 0 Å². The molecule has 0 unspecified atom stereocenters. The van der Waals surface area contributed by atoms with E-state index in [9.17, 15) is 0 Å². The molecule has 14 heavy (non-hydrogen) atoms. The summed E-state index contributed by atoms with van der Waals surface area (Å²) in [6, 6.07) is 13.3. The highest BCUT2D eigenvalue weighted by Crippen LogP contribution is 2.17. The summed E-state index contributed by atoms with van der Waals surface area (Å²) >= 11 is 0. The number of hydrogen-bond donors (Lipinski definition) is 1. The quantitative estimate of drug-likeness (QED) is 0.736. The molecule has 0 amide bonds. The standard InChI is InChI=1S/C12H9NO/c13-7-9-1-3-12-6-10(8-14)2-4-11(12)5-9/h1-6,14H,8H2. The third-order valence-electron chi connectivity index (χ3n) is 2.22. The molecule has 0 spiro atoms. The number of hydrogen-bond acceptors (Lipinski definition) is 2.